The first-order chi connectivity index (χ1) is 15.7. The van der Waals surface area contributed by atoms with E-state index in [0.29, 0.717) is 0 Å². The minimum Gasteiger partial charge on any atom is -0.243 e. The summed E-state index contributed by atoms with van der Waals surface area (Å²) >= 11 is 7.46. The molecule has 0 N–H and O–H groups in total. The van der Waals surface area contributed by atoms with Crippen LogP contribution in [0.4, 0.5) is 0 Å². The van der Waals surface area contributed by atoms with Crippen molar-refractivity contribution < 1.29 is 0 Å². The van der Waals surface area contributed by atoms with Crippen molar-refractivity contribution in [3.05, 3.63) is 106 Å². The van der Waals surface area contributed by atoms with Gasteiger partial charge in [-0.15, -0.1) is 0 Å². The van der Waals surface area contributed by atoms with Gasteiger partial charge in [0.25, 0.3) is 0 Å². The van der Waals surface area contributed by atoms with E-state index in [-0.39, 0.29) is 0 Å². The number of hydrogen-bond acceptors (Lipinski definition) is 2. The van der Waals surface area contributed by atoms with Crippen LogP contribution in [0.25, 0.3) is 55.1 Å². The molecule has 4 heteroatoms. The van der Waals surface area contributed by atoms with Gasteiger partial charge in [-0.2, -0.15) is 0 Å². The van der Waals surface area contributed by atoms with Crippen molar-refractivity contribution in [2.45, 2.75) is 0 Å². The zero-order valence-corrected chi connectivity index (χ0v) is 20.1. The molecule has 6 aromatic rings. The summed E-state index contributed by atoms with van der Waals surface area (Å²) in [5.74, 6) is 0. The molecule has 0 bridgehead atoms. The van der Waals surface area contributed by atoms with Crippen molar-refractivity contribution in [2.24, 2.45) is 0 Å². The molecule has 0 fully saturated rings. The highest BCUT2D eigenvalue weighted by molar-refractivity contribution is 9.11. The molecule has 0 amide bonds. The Hall–Kier alpha value is -3.08. The first-order valence-electron chi connectivity index (χ1n) is 10.3. The zero-order valence-electron chi connectivity index (χ0n) is 16.9. The van der Waals surface area contributed by atoms with Crippen molar-refractivity contribution in [2.75, 3.05) is 0 Å². The Labute approximate surface area is 202 Å². The van der Waals surface area contributed by atoms with Gasteiger partial charge >= 0.3 is 0 Å². The number of fused-ring (bicyclic) bond motifs is 6. The topological polar surface area (TPSA) is 25.8 Å². The van der Waals surface area contributed by atoms with E-state index >= 15 is 0 Å². The van der Waals surface area contributed by atoms with Crippen LogP contribution in [0.1, 0.15) is 0 Å². The van der Waals surface area contributed by atoms with Gasteiger partial charge < -0.3 is 0 Å². The third-order valence-corrected chi connectivity index (χ3v) is 7.19. The maximum atomic E-state index is 5.29. The van der Waals surface area contributed by atoms with Crippen LogP contribution in [0.2, 0.25) is 0 Å². The van der Waals surface area contributed by atoms with E-state index in [1.54, 1.807) is 0 Å². The van der Waals surface area contributed by atoms with Crippen LogP contribution in [-0.4, -0.2) is 9.97 Å². The number of halogens is 2. The fourth-order valence-corrected chi connectivity index (χ4v) is 5.29. The SMILES string of the molecule is Brc1ccccc1-c1nc2c3ccccc3c3ccccc3c2nc1-c1ccccc1Br. The van der Waals surface area contributed by atoms with Crippen LogP contribution in [0.5, 0.6) is 0 Å². The van der Waals surface area contributed by atoms with Crippen molar-refractivity contribution in [3.8, 4) is 22.5 Å². The molecule has 6 rings (SSSR count). The van der Waals surface area contributed by atoms with Gasteiger partial charge in [0, 0.05) is 30.8 Å². The van der Waals surface area contributed by atoms with Gasteiger partial charge in [0.2, 0.25) is 0 Å². The number of benzene rings is 5. The van der Waals surface area contributed by atoms with Crippen LogP contribution in [-0.2, 0) is 0 Å². The predicted octanol–water partition coefficient (Wildman–Crippen LogP) is 8.80. The lowest BCUT2D eigenvalue weighted by Crippen LogP contribution is -1.98. The lowest BCUT2D eigenvalue weighted by atomic mass is 9.98. The third kappa shape index (κ3) is 3.06. The van der Waals surface area contributed by atoms with Crippen LogP contribution in [0, 0.1) is 0 Å². The molecule has 0 aliphatic rings. The third-order valence-electron chi connectivity index (χ3n) is 5.81. The van der Waals surface area contributed by atoms with Crippen LogP contribution >= 0.6 is 31.9 Å². The number of nitrogens with zero attached hydrogens (tertiary/aromatic N) is 2. The fourth-order valence-electron chi connectivity index (χ4n) is 4.34. The Balaban J connectivity index is 1.85. The van der Waals surface area contributed by atoms with E-state index in [4.69, 9.17) is 9.97 Å². The number of rotatable bonds is 2. The van der Waals surface area contributed by atoms with Crippen LogP contribution < -0.4 is 0 Å². The van der Waals surface area contributed by atoms with Gasteiger partial charge in [-0.05, 0) is 22.9 Å². The molecule has 0 aliphatic carbocycles. The Bertz CT molecular complexity index is 1530. The summed E-state index contributed by atoms with van der Waals surface area (Å²) in [5, 5.41) is 4.61. The summed E-state index contributed by atoms with van der Waals surface area (Å²) in [6.45, 7) is 0. The molecule has 5 aromatic carbocycles. The van der Waals surface area contributed by atoms with E-state index in [9.17, 15) is 0 Å². The average Bonchev–Trinajstić information content (AvgIpc) is 2.84. The molecular formula is C28H16Br2N2. The highest BCUT2D eigenvalue weighted by Gasteiger charge is 2.19. The largest absolute Gasteiger partial charge is 0.243 e. The highest BCUT2D eigenvalue weighted by atomic mass is 79.9. The second-order valence-electron chi connectivity index (χ2n) is 7.67. The Morgan fingerprint density at radius 2 is 0.750 bits per heavy atom. The Morgan fingerprint density at radius 3 is 1.16 bits per heavy atom. The van der Waals surface area contributed by atoms with Gasteiger partial charge in [-0.25, -0.2) is 9.97 Å². The first-order valence-corrected chi connectivity index (χ1v) is 11.9. The van der Waals surface area contributed by atoms with Gasteiger partial charge in [-0.1, -0.05) is 117 Å². The molecule has 1 aromatic heterocycles. The van der Waals surface area contributed by atoms with E-state index in [1.165, 1.54) is 10.8 Å². The summed E-state index contributed by atoms with van der Waals surface area (Å²) in [5.41, 5.74) is 5.59. The van der Waals surface area contributed by atoms with Crippen molar-refractivity contribution in [1.29, 1.82) is 0 Å². The summed E-state index contributed by atoms with van der Waals surface area (Å²) in [4.78, 5) is 10.6. The standard InChI is InChI=1S/C28H16Br2N2/c29-23-15-7-5-13-21(23)27-28(22-14-6-8-16-24(22)30)32-26-20-12-4-2-10-18(20)17-9-1-3-11-19(17)25(26)31-27/h1-16H. The quantitative estimate of drug-likeness (QED) is 0.205. The second kappa shape index (κ2) is 7.80. The van der Waals surface area contributed by atoms with Crippen molar-refractivity contribution in [1.82, 2.24) is 9.97 Å². The van der Waals surface area contributed by atoms with Gasteiger partial charge in [0.1, 0.15) is 0 Å². The molecule has 0 atom stereocenters. The lowest BCUT2D eigenvalue weighted by Gasteiger charge is -2.15. The van der Waals surface area contributed by atoms with Crippen LogP contribution in [0.3, 0.4) is 0 Å². The minimum atomic E-state index is 0.859. The summed E-state index contributed by atoms with van der Waals surface area (Å²) in [6, 6.07) is 33.3. The molecular weight excluding hydrogens is 524 g/mol. The molecule has 0 unspecified atom stereocenters. The van der Waals surface area contributed by atoms with E-state index in [0.717, 1.165) is 53.3 Å². The maximum Gasteiger partial charge on any atom is 0.0985 e. The van der Waals surface area contributed by atoms with Gasteiger partial charge in [0.05, 0.1) is 22.4 Å². The molecule has 1 heterocycles. The van der Waals surface area contributed by atoms with Crippen molar-refractivity contribution >= 4 is 64.4 Å². The van der Waals surface area contributed by atoms with Gasteiger partial charge in [0.15, 0.2) is 0 Å². The van der Waals surface area contributed by atoms with E-state index in [2.05, 4.69) is 92.5 Å². The highest BCUT2D eigenvalue weighted by Crippen LogP contribution is 2.40. The predicted molar refractivity (Wildman–Crippen MR) is 141 cm³/mol. The van der Waals surface area contributed by atoms with Crippen molar-refractivity contribution in [3.63, 3.8) is 0 Å². The summed E-state index contributed by atoms with van der Waals surface area (Å²) < 4.78 is 1.99. The molecule has 0 spiro atoms. The Morgan fingerprint density at radius 1 is 0.406 bits per heavy atom. The zero-order chi connectivity index (χ0) is 21.7. The second-order valence-corrected chi connectivity index (χ2v) is 9.38. The molecule has 0 saturated heterocycles. The molecule has 0 saturated carbocycles. The maximum absolute atomic E-state index is 5.29. The molecule has 152 valence electrons. The number of hydrogen-bond donors (Lipinski definition) is 0. The van der Waals surface area contributed by atoms with Crippen LogP contribution in [0.15, 0.2) is 106 Å². The molecule has 2 nitrogen and oxygen atoms in total. The normalized spacial score (nSPS) is 11.4. The first kappa shape index (κ1) is 19.6. The molecule has 0 radical (unpaired) electrons. The summed E-state index contributed by atoms with van der Waals surface area (Å²) in [7, 11) is 0. The molecule has 32 heavy (non-hydrogen) atoms. The molecule has 0 aliphatic heterocycles. The van der Waals surface area contributed by atoms with E-state index in [1.807, 2.05) is 36.4 Å². The van der Waals surface area contributed by atoms with E-state index < -0.39 is 0 Å². The Kier molecular flexibility index (Phi) is 4.78. The van der Waals surface area contributed by atoms with Gasteiger partial charge in [-0.3, -0.25) is 0 Å². The monoisotopic (exact) mass is 538 g/mol. The number of aromatic nitrogens is 2. The average molecular weight is 540 g/mol. The lowest BCUT2D eigenvalue weighted by molar-refractivity contribution is 1.30. The fraction of sp³-hybridized carbons (Fsp3) is 0. The minimum absolute atomic E-state index is 0.859. The smallest absolute Gasteiger partial charge is 0.0985 e. The summed E-state index contributed by atoms with van der Waals surface area (Å²) in [6.07, 6.45) is 0.